The lowest BCUT2D eigenvalue weighted by molar-refractivity contribution is -0.130. The van der Waals surface area contributed by atoms with Crippen molar-refractivity contribution in [3.05, 3.63) is 29.0 Å². The van der Waals surface area contributed by atoms with Crippen LogP contribution in [0.2, 0.25) is 5.02 Å². The second-order valence-corrected chi connectivity index (χ2v) is 5.45. The van der Waals surface area contributed by atoms with Crippen LogP contribution in [0.15, 0.2) is 18.2 Å². The molecule has 1 amide bonds. The maximum atomic E-state index is 13.6. The summed E-state index contributed by atoms with van der Waals surface area (Å²) < 4.78 is 13.6. The third-order valence-electron chi connectivity index (χ3n) is 3.39. The van der Waals surface area contributed by atoms with E-state index in [-0.39, 0.29) is 23.2 Å². The molecule has 1 atom stereocenters. The van der Waals surface area contributed by atoms with E-state index in [1.54, 1.807) is 12.1 Å². The van der Waals surface area contributed by atoms with E-state index in [9.17, 15) is 9.18 Å². The van der Waals surface area contributed by atoms with Crippen LogP contribution in [-0.4, -0.2) is 30.4 Å². The Kier molecular flexibility index (Phi) is 4.64. The van der Waals surface area contributed by atoms with Crippen LogP contribution in [0.5, 0.6) is 0 Å². The minimum atomic E-state index is -0.510. The molecular formula is C14H18ClFN2O. The summed E-state index contributed by atoms with van der Waals surface area (Å²) in [5.74, 6) is 0.0375. The first-order valence-electron chi connectivity index (χ1n) is 6.53. The van der Waals surface area contributed by atoms with Gasteiger partial charge in [-0.25, -0.2) is 4.39 Å². The lowest BCUT2D eigenvalue weighted by Crippen LogP contribution is -2.42. The van der Waals surface area contributed by atoms with Crippen molar-refractivity contribution >= 4 is 23.2 Å². The van der Waals surface area contributed by atoms with Crippen LogP contribution in [0.3, 0.4) is 0 Å². The summed E-state index contributed by atoms with van der Waals surface area (Å²) in [5, 5.41) is 2.87. The maximum Gasteiger partial charge on any atom is 0.241 e. The number of amides is 1. The minimum Gasteiger partial charge on any atom is -0.374 e. The van der Waals surface area contributed by atoms with Gasteiger partial charge in [0.05, 0.1) is 17.3 Å². The predicted molar refractivity (Wildman–Crippen MR) is 74.9 cm³/mol. The van der Waals surface area contributed by atoms with Crippen LogP contribution in [0.4, 0.5) is 10.1 Å². The van der Waals surface area contributed by atoms with Crippen LogP contribution in [-0.2, 0) is 4.79 Å². The van der Waals surface area contributed by atoms with Gasteiger partial charge < -0.3 is 10.2 Å². The lowest BCUT2D eigenvalue weighted by atomic mass is 10.0. The number of hydrogen-bond acceptors (Lipinski definition) is 2. The van der Waals surface area contributed by atoms with Crippen molar-refractivity contribution in [1.82, 2.24) is 4.90 Å². The summed E-state index contributed by atoms with van der Waals surface area (Å²) in [6, 6.07) is 4.71. The molecule has 1 heterocycles. The second kappa shape index (κ2) is 6.24. The van der Waals surface area contributed by atoms with E-state index in [2.05, 4.69) is 12.2 Å². The van der Waals surface area contributed by atoms with Crippen molar-refractivity contribution in [1.29, 1.82) is 0 Å². The summed E-state index contributed by atoms with van der Waals surface area (Å²) in [5.41, 5.74) is 0.269. The number of piperidine rings is 1. The lowest BCUT2D eigenvalue weighted by Gasteiger charge is -2.31. The van der Waals surface area contributed by atoms with Gasteiger partial charge >= 0.3 is 0 Å². The fraction of sp³-hybridized carbons (Fsp3) is 0.500. The zero-order valence-corrected chi connectivity index (χ0v) is 11.7. The highest BCUT2D eigenvalue weighted by Gasteiger charge is 2.20. The molecule has 0 spiro atoms. The number of carbonyl (C=O) groups excluding carboxylic acids is 1. The molecule has 0 bridgehead atoms. The van der Waals surface area contributed by atoms with E-state index in [4.69, 9.17) is 11.6 Å². The molecule has 1 aliphatic heterocycles. The molecule has 0 saturated carbocycles. The van der Waals surface area contributed by atoms with Crippen molar-refractivity contribution in [2.24, 2.45) is 5.92 Å². The summed E-state index contributed by atoms with van der Waals surface area (Å²) in [4.78, 5) is 13.9. The zero-order valence-electron chi connectivity index (χ0n) is 11.0. The molecule has 104 valence electrons. The summed E-state index contributed by atoms with van der Waals surface area (Å²) in [6.45, 7) is 3.83. The van der Waals surface area contributed by atoms with E-state index in [0.29, 0.717) is 5.92 Å². The third-order valence-corrected chi connectivity index (χ3v) is 3.68. The summed E-state index contributed by atoms with van der Waals surface area (Å²) in [7, 11) is 0. The molecule has 1 aliphatic rings. The molecule has 1 N–H and O–H groups in total. The van der Waals surface area contributed by atoms with Gasteiger partial charge in [-0.15, -0.1) is 0 Å². The third kappa shape index (κ3) is 3.60. The monoisotopic (exact) mass is 284 g/mol. The van der Waals surface area contributed by atoms with Gasteiger partial charge in [0.15, 0.2) is 5.82 Å². The molecular weight excluding hydrogens is 267 g/mol. The molecule has 0 radical (unpaired) electrons. The number of benzene rings is 1. The Labute approximate surface area is 117 Å². The van der Waals surface area contributed by atoms with Gasteiger partial charge in [-0.2, -0.15) is 0 Å². The Bertz CT molecular complexity index is 467. The predicted octanol–water partition coefficient (Wildman–Crippen LogP) is 3.15. The largest absolute Gasteiger partial charge is 0.374 e. The smallest absolute Gasteiger partial charge is 0.241 e. The molecule has 19 heavy (non-hydrogen) atoms. The van der Waals surface area contributed by atoms with Gasteiger partial charge in [-0.3, -0.25) is 4.79 Å². The zero-order chi connectivity index (χ0) is 13.8. The van der Waals surface area contributed by atoms with Crippen LogP contribution in [0.1, 0.15) is 19.8 Å². The Balaban J connectivity index is 1.91. The van der Waals surface area contributed by atoms with Crippen molar-refractivity contribution in [3.63, 3.8) is 0 Å². The molecule has 1 saturated heterocycles. The summed E-state index contributed by atoms with van der Waals surface area (Å²) >= 11 is 5.69. The van der Waals surface area contributed by atoms with Crippen LogP contribution in [0.25, 0.3) is 0 Å². The Morgan fingerprint density at radius 3 is 3.11 bits per heavy atom. The number of carbonyl (C=O) groups is 1. The Morgan fingerprint density at radius 2 is 2.37 bits per heavy atom. The van der Waals surface area contributed by atoms with E-state index in [0.717, 1.165) is 19.5 Å². The van der Waals surface area contributed by atoms with Crippen molar-refractivity contribution < 1.29 is 9.18 Å². The highest BCUT2D eigenvalue weighted by molar-refractivity contribution is 6.31. The second-order valence-electron chi connectivity index (χ2n) is 5.04. The number of nitrogens with zero attached hydrogens (tertiary/aromatic N) is 1. The van der Waals surface area contributed by atoms with Gasteiger partial charge in [0, 0.05) is 13.1 Å². The molecule has 2 rings (SSSR count). The Hall–Kier alpha value is -1.29. The summed E-state index contributed by atoms with van der Waals surface area (Å²) in [6.07, 6.45) is 2.21. The topological polar surface area (TPSA) is 32.3 Å². The van der Waals surface area contributed by atoms with Gasteiger partial charge in [0.25, 0.3) is 0 Å². The molecule has 1 unspecified atom stereocenters. The maximum absolute atomic E-state index is 13.6. The van der Waals surface area contributed by atoms with Crippen molar-refractivity contribution in [2.45, 2.75) is 19.8 Å². The number of likely N-dealkylation sites (tertiary alicyclic amines) is 1. The fourth-order valence-electron chi connectivity index (χ4n) is 2.34. The van der Waals surface area contributed by atoms with Crippen LogP contribution >= 0.6 is 11.6 Å². The first-order chi connectivity index (χ1) is 9.08. The molecule has 5 heteroatoms. The van der Waals surface area contributed by atoms with E-state index >= 15 is 0 Å². The van der Waals surface area contributed by atoms with E-state index in [1.165, 1.54) is 12.5 Å². The number of nitrogens with one attached hydrogen (secondary N) is 1. The minimum absolute atomic E-state index is 0.00549. The molecule has 1 aromatic rings. The first kappa shape index (κ1) is 14.1. The molecule has 3 nitrogen and oxygen atoms in total. The van der Waals surface area contributed by atoms with Crippen LogP contribution < -0.4 is 5.32 Å². The molecule has 0 aliphatic carbocycles. The Morgan fingerprint density at radius 1 is 1.58 bits per heavy atom. The van der Waals surface area contributed by atoms with Crippen molar-refractivity contribution in [2.75, 3.05) is 25.0 Å². The quantitative estimate of drug-likeness (QED) is 0.925. The fourth-order valence-corrected chi connectivity index (χ4v) is 2.51. The van der Waals surface area contributed by atoms with Gasteiger partial charge in [0.1, 0.15) is 0 Å². The number of hydrogen-bond donors (Lipinski definition) is 1. The SMILES string of the molecule is CC1CCCN(C(=O)CNc2cccc(Cl)c2F)C1. The molecule has 1 fully saturated rings. The number of halogens is 2. The van der Waals surface area contributed by atoms with Crippen LogP contribution in [0, 0.1) is 11.7 Å². The average molecular weight is 285 g/mol. The van der Waals surface area contributed by atoms with Gasteiger partial charge in [-0.1, -0.05) is 24.6 Å². The highest BCUT2D eigenvalue weighted by atomic mass is 35.5. The van der Waals surface area contributed by atoms with Gasteiger partial charge in [0.2, 0.25) is 5.91 Å². The highest BCUT2D eigenvalue weighted by Crippen LogP contribution is 2.22. The first-order valence-corrected chi connectivity index (χ1v) is 6.91. The van der Waals surface area contributed by atoms with Gasteiger partial charge in [-0.05, 0) is 30.9 Å². The average Bonchev–Trinajstić information content (AvgIpc) is 2.40. The van der Waals surface area contributed by atoms with E-state index in [1.807, 2.05) is 4.90 Å². The molecule has 1 aromatic carbocycles. The number of anilines is 1. The number of rotatable bonds is 3. The molecule has 0 aromatic heterocycles. The normalized spacial score (nSPS) is 19.3. The van der Waals surface area contributed by atoms with Crippen molar-refractivity contribution in [3.8, 4) is 0 Å². The van der Waals surface area contributed by atoms with E-state index < -0.39 is 5.82 Å². The standard InChI is InChI=1S/C14H18ClFN2O/c1-10-4-3-7-18(9-10)13(19)8-17-12-6-2-5-11(15)14(12)16/h2,5-6,10,17H,3-4,7-9H2,1H3.